The Labute approximate surface area is 351 Å². The molecule has 0 amide bonds. The quantitative estimate of drug-likeness (QED) is 0.146. The van der Waals surface area contributed by atoms with E-state index in [9.17, 15) is 0 Å². The smallest absolute Gasteiger partial charge is 0.0788 e. The highest BCUT2D eigenvalue weighted by molar-refractivity contribution is 6.07. The summed E-state index contributed by atoms with van der Waals surface area (Å²) in [6.45, 7) is 0. The van der Waals surface area contributed by atoms with Crippen molar-refractivity contribution < 1.29 is 0 Å². The molecule has 0 fully saturated rings. The lowest BCUT2D eigenvalue weighted by Gasteiger charge is -2.24. The first kappa shape index (κ1) is 36.4. The first-order valence-corrected chi connectivity index (χ1v) is 20.4. The third-order valence-corrected chi connectivity index (χ3v) is 11.2. The molecule has 2 aromatic heterocycles. The minimum Gasteiger partial charge on any atom is -0.247 e. The number of hydrogen-bond acceptors (Lipinski definition) is 2. The minimum atomic E-state index is 0.931. The van der Waals surface area contributed by atoms with Crippen LogP contribution in [-0.2, 0) is 0 Å². The Morgan fingerprint density at radius 3 is 0.800 bits per heavy atom. The summed E-state index contributed by atoms with van der Waals surface area (Å²) in [7, 11) is 0. The number of nitrogens with zero attached hydrogens (tertiary/aromatic N) is 2. The van der Waals surface area contributed by atoms with Gasteiger partial charge in [0.1, 0.15) is 0 Å². The van der Waals surface area contributed by atoms with Crippen molar-refractivity contribution in [1.29, 1.82) is 0 Å². The molecule has 0 N–H and O–H groups in total. The van der Waals surface area contributed by atoms with Crippen molar-refractivity contribution in [2.45, 2.75) is 0 Å². The van der Waals surface area contributed by atoms with E-state index >= 15 is 0 Å². The Balaban J connectivity index is 1.32. The van der Waals surface area contributed by atoms with Gasteiger partial charge in [-0.25, -0.2) is 9.97 Å². The fourth-order valence-electron chi connectivity index (χ4n) is 8.33. The molecule has 10 rings (SSSR count). The van der Waals surface area contributed by atoms with Gasteiger partial charge in [0.25, 0.3) is 0 Å². The summed E-state index contributed by atoms with van der Waals surface area (Å²) in [5.74, 6) is 0. The van der Waals surface area contributed by atoms with Crippen LogP contribution in [0.1, 0.15) is 0 Å². The Morgan fingerprint density at radius 1 is 0.183 bits per heavy atom. The number of rotatable bonds is 9. The lowest BCUT2D eigenvalue weighted by Crippen LogP contribution is -2.00. The average molecular weight is 765 g/mol. The topological polar surface area (TPSA) is 25.8 Å². The summed E-state index contributed by atoms with van der Waals surface area (Å²) in [5.41, 5.74) is 19.1. The second-order valence-corrected chi connectivity index (χ2v) is 14.8. The molecule has 0 bridgehead atoms. The molecule has 0 aliphatic heterocycles. The SMILES string of the molecule is c1ccc(-c2ccc(-c3cccc(-c4ccccc4)c3-c3c(-c4ccccc4)cccc3-c3ccc(-c4ccccc4)nc3-c3ccccc3)c(-c3ccccc3)n2)cc1. The number of pyridine rings is 2. The number of aromatic nitrogens is 2. The Hall–Kier alpha value is -7.94. The predicted molar refractivity (Wildman–Crippen MR) is 251 cm³/mol. The van der Waals surface area contributed by atoms with Crippen molar-refractivity contribution in [2.24, 2.45) is 0 Å². The molecule has 2 heteroatoms. The van der Waals surface area contributed by atoms with Gasteiger partial charge in [-0.15, -0.1) is 0 Å². The zero-order valence-corrected chi connectivity index (χ0v) is 33.0. The third-order valence-electron chi connectivity index (χ3n) is 11.2. The Bertz CT molecular complexity index is 2830. The molecule has 0 aliphatic carbocycles. The van der Waals surface area contributed by atoms with E-state index in [-0.39, 0.29) is 0 Å². The van der Waals surface area contributed by atoms with E-state index < -0.39 is 0 Å². The van der Waals surface area contributed by atoms with Gasteiger partial charge in [0.05, 0.1) is 22.8 Å². The van der Waals surface area contributed by atoms with Crippen molar-refractivity contribution in [3.8, 4) is 101 Å². The standard InChI is InChI=1S/C58H40N2/c1-7-21-41(22-8-1)47-33-19-35-49(51-37-39-53(43-25-11-3-12-26-43)59-57(51)45-29-15-5-16-30-45)55(47)56-48(42-23-9-2-10-24-42)34-20-36-50(56)52-38-40-54(44-27-13-4-14-28-44)60-58(52)46-31-17-6-18-32-46/h1-40H. The van der Waals surface area contributed by atoms with Crippen LogP contribution in [0.25, 0.3) is 101 Å². The van der Waals surface area contributed by atoms with Crippen LogP contribution < -0.4 is 0 Å². The maximum Gasteiger partial charge on any atom is 0.0788 e. The van der Waals surface area contributed by atoms with Crippen molar-refractivity contribution >= 4 is 0 Å². The summed E-state index contributed by atoms with van der Waals surface area (Å²) in [4.78, 5) is 10.9. The van der Waals surface area contributed by atoms with Gasteiger partial charge in [0.15, 0.2) is 0 Å². The second-order valence-electron chi connectivity index (χ2n) is 14.8. The van der Waals surface area contributed by atoms with Crippen molar-refractivity contribution in [2.75, 3.05) is 0 Å². The lowest BCUT2D eigenvalue weighted by molar-refractivity contribution is 1.32. The van der Waals surface area contributed by atoms with Crippen LogP contribution in [-0.4, -0.2) is 9.97 Å². The van der Waals surface area contributed by atoms with Gasteiger partial charge >= 0.3 is 0 Å². The summed E-state index contributed by atoms with van der Waals surface area (Å²) in [6, 6.07) is 85.9. The van der Waals surface area contributed by atoms with Gasteiger partial charge in [0, 0.05) is 33.4 Å². The second kappa shape index (κ2) is 16.5. The fraction of sp³-hybridized carbons (Fsp3) is 0. The lowest BCUT2D eigenvalue weighted by atomic mass is 9.79. The molecule has 0 radical (unpaired) electrons. The molecule has 60 heavy (non-hydrogen) atoms. The van der Waals surface area contributed by atoms with E-state index in [4.69, 9.17) is 9.97 Å². The minimum absolute atomic E-state index is 0.931. The molecule has 0 atom stereocenters. The van der Waals surface area contributed by atoms with E-state index in [0.29, 0.717) is 0 Å². The molecule has 0 saturated carbocycles. The monoisotopic (exact) mass is 764 g/mol. The maximum atomic E-state index is 5.47. The molecule has 0 spiro atoms. The van der Waals surface area contributed by atoms with Gasteiger partial charge in [0.2, 0.25) is 0 Å². The highest BCUT2D eigenvalue weighted by Gasteiger charge is 2.25. The highest BCUT2D eigenvalue weighted by atomic mass is 14.7. The maximum absolute atomic E-state index is 5.47. The van der Waals surface area contributed by atoms with Crippen molar-refractivity contribution in [3.05, 3.63) is 243 Å². The summed E-state index contributed by atoms with van der Waals surface area (Å²) >= 11 is 0. The largest absolute Gasteiger partial charge is 0.247 e. The van der Waals surface area contributed by atoms with Crippen LogP contribution in [0.3, 0.4) is 0 Å². The Morgan fingerprint density at radius 2 is 0.467 bits per heavy atom. The molecule has 2 nitrogen and oxygen atoms in total. The van der Waals surface area contributed by atoms with Gasteiger partial charge in [-0.1, -0.05) is 218 Å². The summed E-state index contributed by atoms with van der Waals surface area (Å²) in [6.07, 6.45) is 0. The van der Waals surface area contributed by atoms with Crippen LogP contribution in [0.2, 0.25) is 0 Å². The van der Waals surface area contributed by atoms with Gasteiger partial charge in [-0.2, -0.15) is 0 Å². The average Bonchev–Trinajstić information content (AvgIpc) is 3.35. The third kappa shape index (κ3) is 7.12. The molecule has 0 unspecified atom stereocenters. The zero-order chi connectivity index (χ0) is 40.1. The zero-order valence-electron chi connectivity index (χ0n) is 33.0. The van der Waals surface area contributed by atoms with Gasteiger partial charge in [-0.05, 0) is 68.8 Å². The molecule has 0 aliphatic rings. The van der Waals surface area contributed by atoms with Gasteiger partial charge in [-0.3, -0.25) is 0 Å². The normalized spacial score (nSPS) is 11.0. The fourth-order valence-corrected chi connectivity index (χ4v) is 8.33. The van der Waals surface area contributed by atoms with E-state index in [2.05, 4.69) is 231 Å². The van der Waals surface area contributed by atoms with Crippen LogP contribution >= 0.6 is 0 Å². The molecule has 2 heterocycles. The van der Waals surface area contributed by atoms with E-state index in [1.165, 1.54) is 0 Å². The van der Waals surface area contributed by atoms with Crippen LogP contribution in [0.4, 0.5) is 0 Å². The highest BCUT2D eigenvalue weighted by Crippen LogP contribution is 2.50. The van der Waals surface area contributed by atoms with Crippen molar-refractivity contribution in [1.82, 2.24) is 9.97 Å². The molecular weight excluding hydrogens is 725 g/mol. The van der Waals surface area contributed by atoms with Crippen molar-refractivity contribution in [3.63, 3.8) is 0 Å². The molecular formula is C58H40N2. The first-order valence-electron chi connectivity index (χ1n) is 20.4. The van der Waals surface area contributed by atoms with E-state index in [1.807, 2.05) is 12.1 Å². The molecule has 282 valence electrons. The molecule has 8 aromatic carbocycles. The van der Waals surface area contributed by atoms with Crippen LogP contribution in [0, 0.1) is 0 Å². The van der Waals surface area contributed by atoms with E-state index in [0.717, 1.165) is 101 Å². The van der Waals surface area contributed by atoms with Gasteiger partial charge < -0.3 is 0 Å². The predicted octanol–water partition coefficient (Wildman–Crippen LogP) is 15.5. The summed E-state index contributed by atoms with van der Waals surface area (Å²) in [5, 5.41) is 0. The number of hydrogen-bond donors (Lipinski definition) is 0. The van der Waals surface area contributed by atoms with Crippen LogP contribution in [0.15, 0.2) is 243 Å². The van der Waals surface area contributed by atoms with Crippen LogP contribution in [0.5, 0.6) is 0 Å². The molecule has 0 saturated heterocycles. The Kier molecular flexibility index (Phi) is 10.0. The summed E-state index contributed by atoms with van der Waals surface area (Å²) < 4.78 is 0. The first-order chi connectivity index (χ1) is 29.8. The molecule has 10 aromatic rings. The number of benzene rings is 8. The van der Waals surface area contributed by atoms with E-state index in [1.54, 1.807) is 0 Å².